The number of aromatic nitrogens is 1. The summed E-state index contributed by atoms with van der Waals surface area (Å²) in [7, 11) is 0. The highest BCUT2D eigenvalue weighted by Crippen LogP contribution is 2.33. The van der Waals surface area contributed by atoms with Crippen LogP contribution >= 0.6 is 0 Å². The van der Waals surface area contributed by atoms with Gasteiger partial charge in [0.1, 0.15) is 12.6 Å². The Morgan fingerprint density at radius 2 is 1.64 bits per heavy atom. The molecule has 4 rings (SSSR count). The number of nitrogens with one attached hydrogen (secondary N) is 1. The Morgan fingerprint density at radius 3 is 2.27 bits per heavy atom. The molecule has 0 aliphatic rings. The minimum Gasteiger partial charge on any atom is -0.481 e. The van der Waals surface area contributed by atoms with Crippen molar-refractivity contribution in [1.29, 1.82) is 0 Å². The molecule has 0 spiro atoms. The molecule has 1 aromatic heterocycles. The van der Waals surface area contributed by atoms with Gasteiger partial charge in [-0.05, 0) is 42.3 Å². The number of carboxylic acid groups (broad SMARTS) is 1. The molecule has 168 valence electrons. The van der Waals surface area contributed by atoms with Gasteiger partial charge < -0.3 is 26.6 Å². The van der Waals surface area contributed by atoms with E-state index >= 15 is 0 Å². The van der Waals surface area contributed by atoms with Crippen molar-refractivity contribution in [3.8, 4) is 0 Å². The van der Waals surface area contributed by atoms with Crippen molar-refractivity contribution in [2.45, 2.75) is 25.5 Å². The number of anilines is 3. The van der Waals surface area contributed by atoms with Gasteiger partial charge in [-0.3, -0.25) is 9.59 Å². The van der Waals surface area contributed by atoms with Gasteiger partial charge in [-0.1, -0.05) is 36.4 Å². The smallest absolute Gasteiger partial charge is 0.323 e. The normalized spacial score (nSPS) is 11.9. The summed E-state index contributed by atoms with van der Waals surface area (Å²) in [6.45, 7) is -0.0306. The number of ether oxygens (including phenoxy) is 1. The van der Waals surface area contributed by atoms with Crippen LogP contribution in [-0.2, 0) is 20.9 Å². The lowest BCUT2D eigenvalue weighted by molar-refractivity contribution is -0.147. The standard InChI is InChI=1S/C25H24N4O4/c26-16-11-15(14-33-25(32)20(27)9-10-23(30)31)12-17(13-16)28-24-18-5-1-3-7-21(18)29-22-8-4-2-6-19(22)24/h1-8,11-13,20H,9-10,14,26-27H2,(H,28,29)(H,30,31). The highest BCUT2D eigenvalue weighted by Gasteiger charge is 2.17. The molecule has 3 aromatic carbocycles. The van der Waals surface area contributed by atoms with Crippen LogP contribution in [-0.4, -0.2) is 28.1 Å². The molecule has 33 heavy (non-hydrogen) atoms. The first-order valence-corrected chi connectivity index (χ1v) is 10.5. The Morgan fingerprint density at radius 1 is 1.00 bits per heavy atom. The van der Waals surface area contributed by atoms with Gasteiger partial charge in [0.25, 0.3) is 0 Å². The van der Waals surface area contributed by atoms with E-state index in [4.69, 9.17) is 26.3 Å². The molecule has 1 atom stereocenters. The third-order valence-corrected chi connectivity index (χ3v) is 5.23. The lowest BCUT2D eigenvalue weighted by Gasteiger charge is -2.15. The fourth-order valence-electron chi connectivity index (χ4n) is 3.65. The van der Waals surface area contributed by atoms with Gasteiger partial charge in [-0.2, -0.15) is 0 Å². The van der Waals surface area contributed by atoms with Crippen molar-refractivity contribution in [2.75, 3.05) is 11.1 Å². The lowest BCUT2D eigenvalue weighted by atomic mass is 10.1. The third-order valence-electron chi connectivity index (χ3n) is 5.23. The van der Waals surface area contributed by atoms with Crippen molar-refractivity contribution in [3.63, 3.8) is 0 Å². The van der Waals surface area contributed by atoms with E-state index in [1.54, 1.807) is 12.1 Å². The summed E-state index contributed by atoms with van der Waals surface area (Å²) >= 11 is 0. The number of hydrogen-bond donors (Lipinski definition) is 4. The third kappa shape index (κ3) is 5.19. The van der Waals surface area contributed by atoms with Crippen LogP contribution in [0.1, 0.15) is 18.4 Å². The van der Waals surface area contributed by atoms with E-state index in [2.05, 4.69) is 5.32 Å². The number of aliphatic carboxylic acids is 1. The van der Waals surface area contributed by atoms with Gasteiger partial charge in [0.2, 0.25) is 0 Å². The number of fused-ring (bicyclic) bond motifs is 2. The van der Waals surface area contributed by atoms with Crippen LogP contribution in [0.5, 0.6) is 0 Å². The van der Waals surface area contributed by atoms with Crippen molar-refractivity contribution in [2.24, 2.45) is 5.73 Å². The summed E-state index contributed by atoms with van der Waals surface area (Å²) in [5.74, 6) is -1.67. The number of rotatable bonds is 8. The van der Waals surface area contributed by atoms with Gasteiger partial charge in [0, 0.05) is 28.6 Å². The second kappa shape index (κ2) is 9.54. The van der Waals surface area contributed by atoms with Gasteiger partial charge in [0.15, 0.2) is 0 Å². The molecule has 0 aliphatic carbocycles. The SMILES string of the molecule is Nc1cc(COC(=O)C(N)CCC(=O)O)cc(Nc2c3ccccc3nc3ccccc23)c1. The summed E-state index contributed by atoms with van der Waals surface area (Å²) in [5, 5.41) is 14.1. The minimum absolute atomic E-state index is 0.0140. The molecule has 0 bridgehead atoms. The Labute approximate surface area is 190 Å². The van der Waals surface area contributed by atoms with Crippen LogP contribution in [0.25, 0.3) is 21.8 Å². The maximum atomic E-state index is 12.1. The highest BCUT2D eigenvalue weighted by atomic mass is 16.5. The minimum atomic E-state index is -1.01. The molecule has 0 saturated heterocycles. The number of esters is 1. The predicted octanol–water partition coefficient (Wildman–Crippen LogP) is 3.95. The van der Waals surface area contributed by atoms with Gasteiger partial charge in [0.05, 0.1) is 16.7 Å². The molecular weight excluding hydrogens is 420 g/mol. The summed E-state index contributed by atoms with van der Waals surface area (Å²) in [5.41, 5.74) is 16.4. The molecule has 4 aromatic rings. The van der Waals surface area contributed by atoms with Gasteiger partial charge in [-0.25, -0.2) is 4.98 Å². The van der Waals surface area contributed by atoms with E-state index in [-0.39, 0.29) is 19.4 Å². The number of carboxylic acids is 1. The Kier molecular flexibility index (Phi) is 6.37. The molecular formula is C25H24N4O4. The molecule has 6 N–H and O–H groups in total. The molecule has 0 saturated carbocycles. The summed E-state index contributed by atoms with van der Waals surface area (Å²) in [4.78, 5) is 27.5. The van der Waals surface area contributed by atoms with E-state index in [0.717, 1.165) is 33.2 Å². The fraction of sp³-hybridized carbons (Fsp3) is 0.160. The molecule has 0 amide bonds. The second-order valence-electron chi connectivity index (χ2n) is 7.76. The highest BCUT2D eigenvalue weighted by molar-refractivity contribution is 6.08. The fourth-order valence-corrected chi connectivity index (χ4v) is 3.65. The number of benzene rings is 3. The number of para-hydroxylation sites is 2. The zero-order valence-corrected chi connectivity index (χ0v) is 17.8. The van der Waals surface area contributed by atoms with E-state index in [0.29, 0.717) is 11.3 Å². The Bertz CT molecular complexity index is 1280. The molecule has 0 aliphatic heterocycles. The maximum absolute atomic E-state index is 12.1. The maximum Gasteiger partial charge on any atom is 0.323 e. The molecule has 8 nitrogen and oxygen atoms in total. The monoisotopic (exact) mass is 444 g/mol. The van der Waals surface area contributed by atoms with Crippen LogP contribution in [0.3, 0.4) is 0 Å². The van der Waals surface area contributed by atoms with Gasteiger partial charge in [-0.15, -0.1) is 0 Å². The van der Waals surface area contributed by atoms with Gasteiger partial charge >= 0.3 is 11.9 Å². The van der Waals surface area contributed by atoms with Crippen molar-refractivity contribution >= 4 is 50.8 Å². The van der Waals surface area contributed by atoms with Crippen LogP contribution < -0.4 is 16.8 Å². The molecule has 8 heteroatoms. The van der Waals surface area contributed by atoms with E-state index in [1.165, 1.54) is 0 Å². The lowest BCUT2D eigenvalue weighted by Crippen LogP contribution is -2.32. The van der Waals surface area contributed by atoms with Crippen LogP contribution in [0.4, 0.5) is 17.1 Å². The first kappa shape index (κ1) is 22.0. The van der Waals surface area contributed by atoms with Crippen molar-refractivity contribution in [1.82, 2.24) is 4.98 Å². The first-order chi connectivity index (χ1) is 15.9. The second-order valence-corrected chi connectivity index (χ2v) is 7.76. The predicted molar refractivity (Wildman–Crippen MR) is 128 cm³/mol. The van der Waals surface area contributed by atoms with E-state index in [9.17, 15) is 9.59 Å². The number of hydrogen-bond acceptors (Lipinski definition) is 7. The van der Waals surface area contributed by atoms with E-state index < -0.39 is 18.0 Å². The number of nitrogens with two attached hydrogens (primary N) is 2. The Balaban J connectivity index is 1.58. The topological polar surface area (TPSA) is 141 Å². The number of carbonyl (C=O) groups excluding carboxylic acids is 1. The molecule has 0 radical (unpaired) electrons. The average molecular weight is 444 g/mol. The zero-order valence-electron chi connectivity index (χ0n) is 17.8. The number of carbonyl (C=O) groups is 2. The number of pyridine rings is 1. The van der Waals surface area contributed by atoms with Crippen molar-refractivity contribution < 1.29 is 19.4 Å². The molecule has 1 heterocycles. The number of nitrogen functional groups attached to an aromatic ring is 1. The van der Waals surface area contributed by atoms with Crippen LogP contribution in [0.2, 0.25) is 0 Å². The van der Waals surface area contributed by atoms with Crippen molar-refractivity contribution in [3.05, 3.63) is 72.3 Å². The zero-order chi connectivity index (χ0) is 23.4. The van der Waals surface area contributed by atoms with Crippen LogP contribution in [0.15, 0.2) is 66.7 Å². The summed E-state index contributed by atoms with van der Waals surface area (Å²) in [6.07, 6.45) is -0.184. The molecule has 0 fully saturated rings. The summed E-state index contributed by atoms with van der Waals surface area (Å²) in [6, 6.07) is 20.1. The summed E-state index contributed by atoms with van der Waals surface area (Å²) < 4.78 is 5.27. The first-order valence-electron chi connectivity index (χ1n) is 10.5. The Hall–Kier alpha value is -4.17. The average Bonchev–Trinajstić information content (AvgIpc) is 2.80. The number of nitrogens with zero attached hydrogens (tertiary/aromatic N) is 1. The quantitative estimate of drug-likeness (QED) is 0.182. The molecule has 1 unspecified atom stereocenters. The van der Waals surface area contributed by atoms with Crippen LogP contribution in [0, 0.1) is 0 Å². The van der Waals surface area contributed by atoms with E-state index in [1.807, 2.05) is 54.6 Å². The largest absolute Gasteiger partial charge is 0.481 e.